The van der Waals surface area contributed by atoms with Crippen LogP contribution < -0.4 is 5.32 Å². The van der Waals surface area contributed by atoms with Gasteiger partial charge < -0.3 is 9.73 Å². The Hall–Kier alpha value is -1.68. The topological polar surface area (TPSA) is 25.2 Å². The summed E-state index contributed by atoms with van der Waals surface area (Å²) in [5.41, 5.74) is 1.02. The van der Waals surface area contributed by atoms with Crippen molar-refractivity contribution in [2.45, 2.75) is 25.9 Å². The Morgan fingerprint density at radius 3 is 2.44 bits per heavy atom. The van der Waals surface area contributed by atoms with Crippen LogP contribution in [0.25, 0.3) is 0 Å². The van der Waals surface area contributed by atoms with Crippen molar-refractivity contribution in [2.24, 2.45) is 0 Å². The molecule has 2 aromatic rings. The van der Waals surface area contributed by atoms with Crippen molar-refractivity contribution >= 4 is 0 Å². The number of nitrogens with one attached hydrogen (secondary N) is 1. The monoisotopic (exact) mass is 251 g/mol. The average molecular weight is 251 g/mol. The molecule has 0 saturated heterocycles. The van der Waals surface area contributed by atoms with Crippen molar-refractivity contribution in [3.63, 3.8) is 0 Å². The van der Waals surface area contributed by atoms with Crippen LogP contribution in [0.4, 0.5) is 8.78 Å². The van der Waals surface area contributed by atoms with Crippen molar-refractivity contribution in [1.82, 2.24) is 5.32 Å². The number of halogens is 2. The highest BCUT2D eigenvalue weighted by Gasteiger charge is 2.08. The maximum Gasteiger partial charge on any atom is 0.263 e. The molecule has 18 heavy (non-hydrogen) atoms. The minimum absolute atomic E-state index is 0.0535. The van der Waals surface area contributed by atoms with E-state index in [0.717, 1.165) is 11.3 Å². The molecular weight excluding hydrogens is 236 g/mol. The summed E-state index contributed by atoms with van der Waals surface area (Å²) in [7, 11) is 0. The quantitative estimate of drug-likeness (QED) is 0.866. The molecule has 0 fully saturated rings. The van der Waals surface area contributed by atoms with Gasteiger partial charge in [-0.2, -0.15) is 0 Å². The highest BCUT2D eigenvalue weighted by molar-refractivity contribution is 5.23. The zero-order chi connectivity index (χ0) is 13.0. The molecule has 1 atom stereocenters. The van der Waals surface area contributed by atoms with Crippen LogP contribution >= 0.6 is 0 Å². The van der Waals surface area contributed by atoms with Gasteiger partial charge in [-0.3, -0.25) is 0 Å². The van der Waals surface area contributed by atoms with E-state index in [-0.39, 0.29) is 11.6 Å². The Morgan fingerprint density at radius 2 is 1.89 bits per heavy atom. The molecular formula is C14H15F2NO. The molecule has 1 aromatic carbocycles. The van der Waals surface area contributed by atoms with Crippen molar-refractivity contribution in [3.05, 3.63) is 59.5 Å². The second kappa shape index (κ2) is 5.78. The fraction of sp³-hybridized carbons (Fsp3) is 0.286. The number of alkyl halides is 2. The zero-order valence-electron chi connectivity index (χ0n) is 10.1. The van der Waals surface area contributed by atoms with E-state index in [0.29, 0.717) is 6.54 Å². The van der Waals surface area contributed by atoms with Crippen molar-refractivity contribution in [1.29, 1.82) is 0 Å². The number of rotatable bonds is 5. The van der Waals surface area contributed by atoms with Gasteiger partial charge in [0, 0.05) is 12.1 Å². The molecule has 0 aliphatic heterocycles. The summed E-state index contributed by atoms with van der Waals surface area (Å²) in [6.07, 6.45) is -0.778. The third-order valence-electron chi connectivity index (χ3n) is 2.81. The maximum atomic E-state index is 12.4. The summed E-state index contributed by atoms with van der Waals surface area (Å²) in [6.45, 7) is 2.61. The Kier molecular flexibility index (Phi) is 4.10. The van der Waals surface area contributed by atoms with Crippen LogP contribution in [0.3, 0.4) is 0 Å². The number of benzene rings is 1. The van der Waals surface area contributed by atoms with Gasteiger partial charge in [0.2, 0.25) is 0 Å². The Balaban J connectivity index is 1.90. The highest BCUT2D eigenvalue weighted by atomic mass is 19.3. The van der Waals surface area contributed by atoms with Crippen LogP contribution in [-0.2, 0) is 6.54 Å². The first kappa shape index (κ1) is 12.8. The Bertz CT molecular complexity index is 465. The van der Waals surface area contributed by atoms with Crippen LogP contribution in [0.15, 0.2) is 47.1 Å². The lowest BCUT2D eigenvalue weighted by atomic mass is 10.1. The molecule has 0 radical (unpaired) electrons. The number of hydrogen-bond acceptors (Lipinski definition) is 2. The van der Waals surface area contributed by atoms with Crippen LogP contribution in [0, 0.1) is 0 Å². The van der Waals surface area contributed by atoms with Crippen molar-refractivity contribution in [3.8, 4) is 0 Å². The summed E-state index contributed by atoms with van der Waals surface area (Å²) in [5, 5.41) is 3.27. The molecule has 1 heterocycles. The highest BCUT2D eigenvalue weighted by Crippen LogP contribution is 2.19. The molecule has 1 aromatic heterocycles. The smallest absolute Gasteiger partial charge is 0.263 e. The summed E-state index contributed by atoms with van der Waals surface area (Å²) in [4.78, 5) is 0. The second-order valence-electron chi connectivity index (χ2n) is 4.16. The minimum Gasteiger partial charge on any atom is -0.468 e. The molecule has 0 aliphatic carbocycles. The lowest BCUT2D eigenvalue weighted by molar-refractivity contribution is 0.151. The van der Waals surface area contributed by atoms with E-state index in [2.05, 4.69) is 5.32 Å². The first-order chi connectivity index (χ1) is 8.66. The molecule has 0 unspecified atom stereocenters. The molecule has 96 valence electrons. The van der Waals surface area contributed by atoms with Gasteiger partial charge in [-0.1, -0.05) is 24.3 Å². The van der Waals surface area contributed by atoms with E-state index < -0.39 is 6.43 Å². The number of furan rings is 1. The second-order valence-corrected chi connectivity index (χ2v) is 4.16. The summed E-state index contributed by atoms with van der Waals surface area (Å²) in [6, 6.07) is 10.2. The van der Waals surface area contributed by atoms with Crippen LogP contribution in [-0.4, -0.2) is 0 Å². The molecule has 0 saturated carbocycles. The van der Waals surface area contributed by atoms with E-state index in [9.17, 15) is 8.78 Å². The number of hydrogen-bond donors (Lipinski definition) is 1. The Labute approximate surface area is 105 Å². The van der Waals surface area contributed by atoms with Gasteiger partial charge >= 0.3 is 0 Å². The molecule has 0 amide bonds. The van der Waals surface area contributed by atoms with Gasteiger partial charge in [0.05, 0.1) is 12.3 Å². The van der Waals surface area contributed by atoms with E-state index in [1.807, 2.05) is 19.1 Å². The molecule has 1 N–H and O–H groups in total. The normalized spacial score (nSPS) is 12.9. The molecule has 0 spiro atoms. The first-order valence-corrected chi connectivity index (χ1v) is 5.80. The largest absolute Gasteiger partial charge is 0.468 e. The summed E-state index contributed by atoms with van der Waals surface area (Å²) in [5.74, 6) is 0.860. The van der Waals surface area contributed by atoms with Gasteiger partial charge in [0.1, 0.15) is 5.76 Å². The predicted molar refractivity (Wildman–Crippen MR) is 65.4 cm³/mol. The van der Waals surface area contributed by atoms with E-state index in [1.165, 1.54) is 12.1 Å². The van der Waals surface area contributed by atoms with Gasteiger partial charge in [0.15, 0.2) is 0 Å². The first-order valence-electron chi connectivity index (χ1n) is 5.80. The molecule has 0 aliphatic rings. The van der Waals surface area contributed by atoms with E-state index >= 15 is 0 Å². The van der Waals surface area contributed by atoms with Gasteiger partial charge in [-0.05, 0) is 24.6 Å². The average Bonchev–Trinajstić information content (AvgIpc) is 2.90. The van der Waals surface area contributed by atoms with Gasteiger partial charge in [-0.15, -0.1) is 0 Å². The maximum absolute atomic E-state index is 12.4. The van der Waals surface area contributed by atoms with Crippen molar-refractivity contribution < 1.29 is 13.2 Å². The lowest BCUT2D eigenvalue weighted by Crippen LogP contribution is -2.17. The predicted octanol–water partition coefficient (Wildman–Crippen LogP) is 4.07. The SMILES string of the molecule is C[C@H](NCc1ccc(C(F)F)cc1)c1ccco1. The molecule has 2 nitrogen and oxygen atoms in total. The van der Waals surface area contributed by atoms with Crippen molar-refractivity contribution in [2.75, 3.05) is 0 Å². The third kappa shape index (κ3) is 3.17. The molecule has 2 rings (SSSR count). The summed E-state index contributed by atoms with van der Waals surface area (Å²) < 4.78 is 30.0. The lowest BCUT2D eigenvalue weighted by Gasteiger charge is -2.11. The standard InChI is InChI=1S/C14H15F2NO/c1-10(13-3-2-8-18-13)17-9-11-4-6-12(7-5-11)14(15)16/h2-8,10,14,17H,9H2,1H3/t10-/m0/s1. The van der Waals surface area contributed by atoms with Gasteiger partial charge in [0.25, 0.3) is 6.43 Å². The van der Waals surface area contributed by atoms with E-state index in [1.54, 1.807) is 18.4 Å². The fourth-order valence-electron chi connectivity index (χ4n) is 1.69. The Morgan fingerprint density at radius 1 is 1.17 bits per heavy atom. The van der Waals surface area contributed by atoms with E-state index in [4.69, 9.17) is 4.42 Å². The summed E-state index contributed by atoms with van der Waals surface area (Å²) >= 11 is 0. The zero-order valence-corrected chi connectivity index (χ0v) is 10.1. The molecule has 0 bridgehead atoms. The van der Waals surface area contributed by atoms with Crippen LogP contribution in [0.2, 0.25) is 0 Å². The fourth-order valence-corrected chi connectivity index (χ4v) is 1.69. The minimum atomic E-state index is -2.41. The third-order valence-corrected chi connectivity index (χ3v) is 2.81. The van der Waals surface area contributed by atoms with Crippen LogP contribution in [0.1, 0.15) is 36.3 Å². The van der Waals surface area contributed by atoms with Gasteiger partial charge in [-0.25, -0.2) is 8.78 Å². The van der Waals surface area contributed by atoms with Crippen LogP contribution in [0.5, 0.6) is 0 Å². The molecule has 4 heteroatoms.